The number of benzene rings is 5. The molecule has 0 aromatic heterocycles. The summed E-state index contributed by atoms with van der Waals surface area (Å²) in [5.41, 5.74) is 13.0. The molecular formula is C39H33NO. The Hall–Kier alpha value is -4.69. The van der Waals surface area contributed by atoms with E-state index < -0.39 is 0 Å². The fourth-order valence-corrected chi connectivity index (χ4v) is 6.25. The van der Waals surface area contributed by atoms with Crippen LogP contribution in [0.3, 0.4) is 0 Å². The van der Waals surface area contributed by atoms with E-state index in [-0.39, 0.29) is 5.78 Å². The fraction of sp³-hybridized carbons (Fsp3) is 0.154. The molecule has 0 spiro atoms. The average Bonchev–Trinajstić information content (AvgIpc) is 3.15. The van der Waals surface area contributed by atoms with Gasteiger partial charge in [-0.15, -0.1) is 0 Å². The molecule has 41 heavy (non-hydrogen) atoms. The van der Waals surface area contributed by atoms with Crippen molar-refractivity contribution in [3.05, 3.63) is 144 Å². The molecule has 0 amide bonds. The lowest BCUT2D eigenvalue weighted by Crippen LogP contribution is -2.16. The maximum absolute atomic E-state index is 13.6. The van der Waals surface area contributed by atoms with E-state index in [4.69, 9.17) is 0 Å². The maximum atomic E-state index is 13.6. The fourth-order valence-electron chi connectivity index (χ4n) is 6.25. The van der Waals surface area contributed by atoms with E-state index in [0.717, 1.165) is 57.3 Å². The van der Waals surface area contributed by atoms with Crippen LogP contribution in [-0.2, 0) is 0 Å². The van der Waals surface area contributed by atoms with Crippen LogP contribution in [0.1, 0.15) is 53.6 Å². The summed E-state index contributed by atoms with van der Waals surface area (Å²) in [5.74, 6) is 0.109. The molecule has 0 bridgehead atoms. The van der Waals surface area contributed by atoms with Crippen molar-refractivity contribution in [3.8, 4) is 33.4 Å². The van der Waals surface area contributed by atoms with E-state index in [1.165, 1.54) is 41.9 Å². The molecule has 0 saturated carbocycles. The number of anilines is 2. The number of rotatable bonds is 5. The standard InChI is InChI=1S/C39H33NO/c1-27-13-15-28(16-14-27)30-19-23-35-36-24-20-31(26-38(36)39(41)37(35)25-30)29-17-21-34(22-18-29)40(33-11-7-4-8-12-33)32-9-5-2-3-6-10-32/h4,7-9,11-26H,2-3,5-6,10H2,1H3. The Morgan fingerprint density at radius 2 is 1.10 bits per heavy atom. The van der Waals surface area contributed by atoms with Crippen molar-refractivity contribution in [1.82, 2.24) is 0 Å². The lowest BCUT2D eigenvalue weighted by atomic mass is 9.97. The molecule has 0 unspecified atom stereocenters. The minimum absolute atomic E-state index is 0.109. The van der Waals surface area contributed by atoms with Crippen molar-refractivity contribution in [1.29, 1.82) is 0 Å². The van der Waals surface area contributed by atoms with E-state index in [2.05, 4.69) is 133 Å². The van der Waals surface area contributed by atoms with Gasteiger partial charge in [0.1, 0.15) is 0 Å². The zero-order chi connectivity index (χ0) is 27.8. The summed E-state index contributed by atoms with van der Waals surface area (Å²) in [6.45, 7) is 2.09. The van der Waals surface area contributed by atoms with Gasteiger partial charge in [-0.25, -0.2) is 0 Å². The number of fused-ring (bicyclic) bond motifs is 3. The van der Waals surface area contributed by atoms with Crippen LogP contribution in [0.25, 0.3) is 33.4 Å². The van der Waals surface area contributed by atoms with Crippen molar-refractivity contribution in [2.45, 2.75) is 39.0 Å². The van der Waals surface area contributed by atoms with Gasteiger partial charge in [-0.3, -0.25) is 4.79 Å². The highest BCUT2D eigenvalue weighted by Crippen LogP contribution is 2.41. The Balaban J connectivity index is 1.19. The predicted molar refractivity (Wildman–Crippen MR) is 171 cm³/mol. The van der Waals surface area contributed by atoms with E-state index in [9.17, 15) is 4.79 Å². The van der Waals surface area contributed by atoms with E-state index in [1.807, 2.05) is 0 Å². The number of aryl methyl sites for hydroxylation is 1. The number of nitrogens with zero attached hydrogens (tertiary/aromatic N) is 1. The third-order valence-corrected chi connectivity index (χ3v) is 8.48. The van der Waals surface area contributed by atoms with Crippen molar-refractivity contribution in [2.24, 2.45) is 0 Å². The molecule has 7 rings (SSSR count). The minimum Gasteiger partial charge on any atom is -0.315 e. The highest BCUT2D eigenvalue weighted by atomic mass is 16.1. The quantitative estimate of drug-likeness (QED) is 0.220. The van der Waals surface area contributed by atoms with Gasteiger partial charge < -0.3 is 4.90 Å². The molecule has 2 aliphatic carbocycles. The van der Waals surface area contributed by atoms with Crippen LogP contribution in [0.2, 0.25) is 0 Å². The Morgan fingerprint density at radius 1 is 0.537 bits per heavy atom. The van der Waals surface area contributed by atoms with E-state index >= 15 is 0 Å². The van der Waals surface area contributed by atoms with Gasteiger partial charge >= 0.3 is 0 Å². The molecule has 0 fully saturated rings. The van der Waals surface area contributed by atoms with Gasteiger partial charge in [0.15, 0.2) is 5.78 Å². The summed E-state index contributed by atoms with van der Waals surface area (Å²) in [4.78, 5) is 16.0. The topological polar surface area (TPSA) is 20.3 Å². The van der Waals surface area contributed by atoms with Crippen molar-refractivity contribution < 1.29 is 4.79 Å². The van der Waals surface area contributed by atoms with Crippen LogP contribution >= 0.6 is 0 Å². The zero-order valence-corrected chi connectivity index (χ0v) is 23.4. The Labute approximate surface area is 242 Å². The van der Waals surface area contributed by atoms with Gasteiger partial charge in [0.05, 0.1) is 0 Å². The summed E-state index contributed by atoms with van der Waals surface area (Å²) in [6, 6.07) is 40.5. The van der Waals surface area contributed by atoms with E-state index in [0.29, 0.717) is 0 Å². The Morgan fingerprint density at radius 3 is 1.73 bits per heavy atom. The van der Waals surface area contributed by atoms with Gasteiger partial charge in [0.25, 0.3) is 0 Å². The normalized spacial score (nSPS) is 14.2. The van der Waals surface area contributed by atoms with Gasteiger partial charge in [0.2, 0.25) is 0 Å². The van der Waals surface area contributed by atoms with Gasteiger partial charge in [-0.2, -0.15) is 0 Å². The summed E-state index contributed by atoms with van der Waals surface area (Å²) < 4.78 is 0. The van der Waals surface area contributed by atoms with Crippen LogP contribution < -0.4 is 4.90 Å². The van der Waals surface area contributed by atoms with Crippen LogP contribution in [0.4, 0.5) is 11.4 Å². The summed E-state index contributed by atoms with van der Waals surface area (Å²) in [5, 5.41) is 0. The number of carbonyl (C=O) groups excluding carboxylic acids is 1. The molecule has 0 radical (unpaired) electrons. The second-order valence-electron chi connectivity index (χ2n) is 11.2. The number of ketones is 1. The number of hydrogen-bond donors (Lipinski definition) is 0. The molecule has 5 aromatic carbocycles. The number of hydrogen-bond acceptors (Lipinski definition) is 2. The Kier molecular flexibility index (Phi) is 6.60. The van der Waals surface area contributed by atoms with Gasteiger partial charge in [-0.1, -0.05) is 96.9 Å². The second kappa shape index (κ2) is 10.7. The monoisotopic (exact) mass is 531 g/mol. The molecule has 0 atom stereocenters. The van der Waals surface area contributed by atoms with Gasteiger partial charge in [0, 0.05) is 28.2 Å². The summed E-state index contributed by atoms with van der Waals surface area (Å²) in [6.07, 6.45) is 8.42. The summed E-state index contributed by atoms with van der Waals surface area (Å²) in [7, 11) is 0. The second-order valence-corrected chi connectivity index (χ2v) is 11.2. The lowest BCUT2D eigenvalue weighted by Gasteiger charge is -2.28. The molecule has 0 aliphatic heterocycles. The molecule has 0 heterocycles. The highest BCUT2D eigenvalue weighted by Gasteiger charge is 2.27. The van der Waals surface area contributed by atoms with E-state index in [1.54, 1.807) is 0 Å². The highest BCUT2D eigenvalue weighted by molar-refractivity contribution is 6.22. The molecule has 5 aromatic rings. The largest absolute Gasteiger partial charge is 0.315 e. The lowest BCUT2D eigenvalue weighted by molar-refractivity contribution is 0.104. The third kappa shape index (κ3) is 4.80. The molecule has 2 nitrogen and oxygen atoms in total. The van der Waals surface area contributed by atoms with Crippen LogP contribution in [-0.4, -0.2) is 5.78 Å². The average molecular weight is 532 g/mol. The molecule has 0 saturated heterocycles. The SMILES string of the molecule is Cc1ccc(-c2ccc3c(c2)C(=O)c2cc(-c4ccc(N(C5=CCCCCC5)c5ccccc5)cc4)ccc2-3)cc1. The van der Waals surface area contributed by atoms with Crippen molar-refractivity contribution in [3.63, 3.8) is 0 Å². The zero-order valence-electron chi connectivity index (χ0n) is 23.4. The number of allylic oxidation sites excluding steroid dienone is 2. The van der Waals surface area contributed by atoms with Crippen LogP contribution in [0, 0.1) is 6.92 Å². The summed E-state index contributed by atoms with van der Waals surface area (Å²) >= 11 is 0. The first-order valence-electron chi connectivity index (χ1n) is 14.7. The van der Waals surface area contributed by atoms with Crippen molar-refractivity contribution in [2.75, 3.05) is 4.90 Å². The van der Waals surface area contributed by atoms with Crippen LogP contribution in [0.5, 0.6) is 0 Å². The van der Waals surface area contributed by atoms with Crippen molar-refractivity contribution >= 4 is 17.2 Å². The number of carbonyl (C=O) groups is 1. The first-order valence-corrected chi connectivity index (χ1v) is 14.7. The third-order valence-electron chi connectivity index (χ3n) is 8.48. The van der Waals surface area contributed by atoms with Crippen LogP contribution in [0.15, 0.2) is 127 Å². The maximum Gasteiger partial charge on any atom is 0.194 e. The molecule has 200 valence electrons. The molecule has 0 N–H and O–H groups in total. The smallest absolute Gasteiger partial charge is 0.194 e. The first kappa shape index (κ1) is 25.3. The first-order chi connectivity index (χ1) is 20.2. The molecule has 2 aliphatic rings. The van der Waals surface area contributed by atoms with Gasteiger partial charge in [-0.05, 0) is 102 Å². The predicted octanol–water partition coefficient (Wildman–Crippen LogP) is 10.5. The minimum atomic E-state index is 0.109. The molecular weight excluding hydrogens is 498 g/mol. The Bertz CT molecular complexity index is 1760. The number of para-hydroxylation sites is 1. The molecule has 2 heteroatoms.